The standard InChI is InChI=1S/C13H14FN3/c1-17-13(5-7-16-17)10-4-6-15-12-3-2-9(14)8-11(10)12/h2-3,5,7-8,10,15H,4,6H2,1H3. The molecule has 0 fully saturated rings. The van der Waals surface area contributed by atoms with Gasteiger partial charge in [0, 0.05) is 37.1 Å². The molecule has 88 valence electrons. The Hall–Kier alpha value is -1.84. The molecule has 1 unspecified atom stereocenters. The van der Waals surface area contributed by atoms with E-state index >= 15 is 0 Å². The molecule has 0 aliphatic carbocycles. The molecule has 2 aromatic rings. The van der Waals surface area contributed by atoms with Crippen molar-refractivity contribution >= 4 is 5.69 Å². The molecule has 1 atom stereocenters. The molecule has 1 aromatic heterocycles. The molecule has 0 spiro atoms. The third-order valence-electron chi connectivity index (χ3n) is 3.35. The number of aryl methyl sites for hydroxylation is 1. The molecule has 1 aromatic carbocycles. The van der Waals surface area contributed by atoms with E-state index in [1.807, 2.05) is 23.9 Å². The Balaban J connectivity index is 2.10. The average molecular weight is 231 g/mol. The summed E-state index contributed by atoms with van der Waals surface area (Å²) in [5.74, 6) is 0.0501. The summed E-state index contributed by atoms with van der Waals surface area (Å²) in [6, 6.07) is 6.94. The van der Waals surface area contributed by atoms with E-state index in [4.69, 9.17) is 0 Å². The SMILES string of the molecule is Cn1nccc1C1CCNc2ccc(F)cc21. The van der Waals surface area contributed by atoms with E-state index in [9.17, 15) is 4.39 Å². The molecule has 3 rings (SSSR count). The van der Waals surface area contributed by atoms with Crippen LogP contribution in [0.15, 0.2) is 30.5 Å². The van der Waals surface area contributed by atoms with E-state index in [0.717, 1.165) is 29.9 Å². The Bertz CT molecular complexity index is 547. The van der Waals surface area contributed by atoms with E-state index in [1.54, 1.807) is 12.3 Å². The number of rotatable bonds is 1. The van der Waals surface area contributed by atoms with Gasteiger partial charge in [0.15, 0.2) is 0 Å². The van der Waals surface area contributed by atoms with Gasteiger partial charge in [-0.15, -0.1) is 0 Å². The van der Waals surface area contributed by atoms with Crippen LogP contribution in [0.5, 0.6) is 0 Å². The average Bonchev–Trinajstić information content (AvgIpc) is 2.74. The van der Waals surface area contributed by atoms with Gasteiger partial charge in [0.2, 0.25) is 0 Å². The largest absolute Gasteiger partial charge is 0.385 e. The number of nitrogens with one attached hydrogen (secondary N) is 1. The normalized spacial score (nSPS) is 18.6. The summed E-state index contributed by atoms with van der Waals surface area (Å²) in [6.07, 6.45) is 2.76. The number of anilines is 1. The van der Waals surface area contributed by atoms with Gasteiger partial charge < -0.3 is 5.32 Å². The molecule has 1 N–H and O–H groups in total. The Labute approximate surface area is 99.3 Å². The van der Waals surface area contributed by atoms with E-state index in [2.05, 4.69) is 10.4 Å². The van der Waals surface area contributed by atoms with Crippen molar-refractivity contribution in [2.75, 3.05) is 11.9 Å². The first-order valence-electron chi connectivity index (χ1n) is 5.77. The first-order chi connectivity index (χ1) is 8.25. The number of aromatic nitrogens is 2. The minimum Gasteiger partial charge on any atom is -0.385 e. The van der Waals surface area contributed by atoms with Crippen molar-refractivity contribution in [2.45, 2.75) is 12.3 Å². The van der Waals surface area contributed by atoms with Crippen LogP contribution in [0.2, 0.25) is 0 Å². The van der Waals surface area contributed by atoms with Gasteiger partial charge in [-0.25, -0.2) is 4.39 Å². The highest BCUT2D eigenvalue weighted by atomic mass is 19.1. The molecule has 0 saturated carbocycles. The molecule has 1 aliphatic heterocycles. The lowest BCUT2D eigenvalue weighted by Crippen LogP contribution is -2.19. The number of nitrogens with zero attached hydrogens (tertiary/aromatic N) is 2. The van der Waals surface area contributed by atoms with Crippen molar-refractivity contribution in [3.63, 3.8) is 0 Å². The number of fused-ring (bicyclic) bond motifs is 1. The van der Waals surface area contributed by atoms with Crippen molar-refractivity contribution < 1.29 is 4.39 Å². The molecular formula is C13H14FN3. The van der Waals surface area contributed by atoms with Crippen LogP contribution in [-0.2, 0) is 7.05 Å². The van der Waals surface area contributed by atoms with Crippen LogP contribution in [0.25, 0.3) is 0 Å². The number of halogens is 1. The molecule has 0 amide bonds. The van der Waals surface area contributed by atoms with Crippen LogP contribution in [0.1, 0.15) is 23.6 Å². The van der Waals surface area contributed by atoms with Crippen LogP contribution in [0, 0.1) is 5.82 Å². The minimum absolute atomic E-state index is 0.181. The Kier molecular flexibility index (Phi) is 2.35. The molecular weight excluding hydrogens is 217 g/mol. The molecule has 1 aliphatic rings. The van der Waals surface area contributed by atoms with E-state index in [-0.39, 0.29) is 11.7 Å². The van der Waals surface area contributed by atoms with Crippen LogP contribution < -0.4 is 5.32 Å². The van der Waals surface area contributed by atoms with Gasteiger partial charge in [-0.2, -0.15) is 5.10 Å². The minimum atomic E-state index is -0.181. The first-order valence-corrected chi connectivity index (χ1v) is 5.77. The molecule has 17 heavy (non-hydrogen) atoms. The van der Waals surface area contributed by atoms with Gasteiger partial charge in [0.1, 0.15) is 5.82 Å². The summed E-state index contributed by atoms with van der Waals surface area (Å²) in [5, 5.41) is 7.49. The highest BCUT2D eigenvalue weighted by molar-refractivity contribution is 5.56. The third-order valence-corrected chi connectivity index (χ3v) is 3.35. The van der Waals surface area contributed by atoms with Crippen molar-refractivity contribution in [3.8, 4) is 0 Å². The smallest absolute Gasteiger partial charge is 0.123 e. The summed E-state index contributed by atoms with van der Waals surface area (Å²) in [4.78, 5) is 0. The van der Waals surface area contributed by atoms with Gasteiger partial charge in [0.05, 0.1) is 0 Å². The lowest BCUT2D eigenvalue weighted by molar-refractivity contribution is 0.603. The number of hydrogen-bond donors (Lipinski definition) is 1. The second-order valence-electron chi connectivity index (χ2n) is 4.38. The number of hydrogen-bond acceptors (Lipinski definition) is 2. The summed E-state index contributed by atoms with van der Waals surface area (Å²) < 4.78 is 15.2. The maximum absolute atomic E-state index is 13.4. The van der Waals surface area contributed by atoms with E-state index in [0.29, 0.717) is 0 Å². The fourth-order valence-electron chi connectivity index (χ4n) is 2.52. The summed E-state index contributed by atoms with van der Waals surface area (Å²) in [7, 11) is 1.93. The van der Waals surface area contributed by atoms with Crippen LogP contribution in [0.3, 0.4) is 0 Å². The van der Waals surface area contributed by atoms with Gasteiger partial charge in [-0.3, -0.25) is 4.68 Å². The van der Waals surface area contributed by atoms with Crippen LogP contribution >= 0.6 is 0 Å². The van der Waals surface area contributed by atoms with Gasteiger partial charge in [-0.05, 0) is 36.2 Å². The molecule has 2 heterocycles. The van der Waals surface area contributed by atoms with Crippen LogP contribution in [-0.4, -0.2) is 16.3 Å². The van der Waals surface area contributed by atoms with Crippen LogP contribution in [0.4, 0.5) is 10.1 Å². The Morgan fingerprint density at radius 2 is 2.29 bits per heavy atom. The second-order valence-corrected chi connectivity index (χ2v) is 4.38. The molecule has 0 saturated heterocycles. The van der Waals surface area contributed by atoms with Gasteiger partial charge in [-0.1, -0.05) is 0 Å². The monoisotopic (exact) mass is 231 g/mol. The number of benzene rings is 1. The third kappa shape index (κ3) is 1.69. The highest BCUT2D eigenvalue weighted by Gasteiger charge is 2.24. The lowest BCUT2D eigenvalue weighted by atomic mass is 9.88. The summed E-state index contributed by atoms with van der Waals surface area (Å²) in [5.41, 5.74) is 3.20. The zero-order valence-corrected chi connectivity index (χ0v) is 9.65. The fraction of sp³-hybridized carbons (Fsp3) is 0.308. The van der Waals surface area contributed by atoms with Gasteiger partial charge >= 0.3 is 0 Å². The summed E-state index contributed by atoms with van der Waals surface area (Å²) >= 11 is 0. The zero-order chi connectivity index (χ0) is 11.8. The van der Waals surface area contributed by atoms with Crippen molar-refractivity contribution in [1.29, 1.82) is 0 Å². The van der Waals surface area contributed by atoms with Crippen molar-refractivity contribution in [2.24, 2.45) is 7.05 Å². The highest BCUT2D eigenvalue weighted by Crippen LogP contribution is 2.36. The Morgan fingerprint density at radius 3 is 3.06 bits per heavy atom. The fourth-order valence-corrected chi connectivity index (χ4v) is 2.52. The zero-order valence-electron chi connectivity index (χ0n) is 9.65. The predicted octanol–water partition coefficient (Wildman–Crippen LogP) is 2.51. The quantitative estimate of drug-likeness (QED) is 0.817. The maximum Gasteiger partial charge on any atom is 0.123 e. The van der Waals surface area contributed by atoms with Crippen molar-refractivity contribution in [3.05, 3.63) is 47.5 Å². The maximum atomic E-state index is 13.4. The lowest BCUT2D eigenvalue weighted by Gasteiger charge is -2.26. The molecule has 4 heteroatoms. The van der Waals surface area contributed by atoms with E-state index < -0.39 is 0 Å². The summed E-state index contributed by atoms with van der Waals surface area (Å²) in [6.45, 7) is 0.911. The predicted molar refractivity (Wildman–Crippen MR) is 64.6 cm³/mol. The molecule has 0 bridgehead atoms. The molecule has 3 nitrogen and oxygen atoms in total. The molecule has 0 radical (unpaired) electrons. The topological polar surface area (TPSA) is 29.9 Å². The van der Waals surface area contributed by atoms with Crippen molar-refractivity contribution in [1.82, 2.24) is 9.78 Å². The Morgan fingerprint density at radius 1 is 1.41 bits per heavy atom. The second kappa shape index (κ2) is 3.87. The van der Waals surface area contributed by atoms with Gasteiger partial charge in [0.25, 0.3) is 0 Å². The first kappa shape index (κ1) is 10.3. The van der Waals surface area contributed by atoms with E-state index in [1.165, 1.54) is 6.07 Å².